The Morgan fingerprint density at radius 2 is 2.19 bits per heavy atom. The smallest absolute Gasteiger partial charge is 0.0735 e. The summed E-state index contributed by atoms with van der Waals surface area (Å²) in [6.07, 6.45) is 0.550. The predicted molar refractivity (Wildman–Crippen MR) is 89.2 cm³/mol. The van der Waals surface area contributed by atoms with Gasteiger partial charge < -0.3 is 20.2 Å². The number of nitrogens with one attached hydrogen (secondary N) is 1. The maximum Gasteiger partial charge on any atom is 0.0735 e. The van der Waals surface area contributed by atoms with Gasteiger partial charge in [-0.05, 0) is 52.2 Å². The van der Waals surface area contributed by atoms with Gasteiger partial charge in [0.05, 0.1) is 6.10 Å². The van der Waals surface area contributed by atoms with Crippen molar-refractivity contribution in [1.82, 2.24) is 10.2 Å². The Morgan fingerprint density at radius 1 is 1.48 bits per heavy atom. The Morgan fingerprint density at radius 3 is 2.76 bits per heavy atom. The lowest BCUT2D eigenvalue weighted by Crippen LogP contribution is -2.37. The fraction of sp³-hybridized carbons (Fsp3) is 0.625. The zero-order valence-electron chi connectivity index (χ0n) is 13.3. The molecule has 3 unspecified atom stereocenters. The van der Waals surface area contributed by atoms with Crippen LogP contribution >= 0.6 is 11.6 Å². The number of aliphatic hydroxyl groups is 1. The number of nitrogens with zero attached hydrogens (tertiary/aromatic N) is 2. The third-order valence-electron chi connectivity index (χ3n) is 4.18. The lowest BCUT2D eigenvalue weighted by Gasteiger charge is -2.29. The second-order valence-electron chi connectivity index (χ2n) is 6.17. The second kappa shape index (κ2) is 6.97. The van der Waals surface area contributed by atoms with Crippen LogP contribution in [-0.2, 0) is 0 Å². The van der Waals surface area contributed by atoms with E-state index in [9.17, 15) is 5.11 Å². The van der Waals surface area contributed by atoms with E-state index in [0.717, 1.165) is 29.2 Å². The van der Waals surface area contributed by atoms with Crippen LogP contribution < -0.4 is 10.2 Å². The molecule has 1 fully saturated rings. The first-order valence-electron chi connectivity index (χ1n) is 7.48. The van der Waals surface area contributed by atoms with Gasteiger partial charge in [-0.1, -0.05) is 17.7 Å². The Balaban J connectivity index is 2.22. The van der Waals surface area contributed by atoms with Gasteiger partial charge in [-0.3, -0.25) is 0 Å². The van der Waals surface area contributed by atoms with Gasteiger partial charge >= 0.3 is 0 Å². The first-order valence-corrected chi connectivity index (χ1v) is 7.86. The van der Waals surface area contributed by atoms with E-state index in [1.165, 1.54) is 0 Å². The molecular weight excluding hydrogens is 286 g/mol. The lowest BCUT2D eigenvalue weighted by atomic mass is 10.1. The van der Waals surface area contributed by atoms with Crippen molar-refractivity contribution in [3.63, 3.8) is 0 Å². The van der Waals surface area contributed by atoms with Crippen molar-refractivity contribution >= 4 is 17.3 Å². The van der Waals surface area contributed by atoms with Gasteiger partial charge in [0.15, 0.2) is 0 Å². The molecule has 21 heavy (non-hydrogen) atoms. The summed E-state index contributed by atoms with van der Waals surface area (Å²) in [5, 5.41) is 14.0. The van der Waals surface area contributed by atoms with Crippen molar-refractivity contribution in [1.29, 1.82) is 0 Å². The normalized spacial score (nSPS) is 23.9. The van der Waals surface area contributed by atoms with E-state index in [2.05, 4.69) is 48.3 Å². The van der Waals surface area contributed by atoms with Crippen LogP contribution in [-0.4, -0.2) is 56.4 Å². The fourth-order valence-corrected chi connectivity index (χ4v) is 3.34. The first kappa shape index (κ1) is 16.6. The quantitative estimate of drug-likeness (QED) is 0.874. The maximum atomic E-state index is 9.99. The summed E-state index contributed by atoms with van der Waals surface area (Å²) < 4.78 is 0. The molecule has 1 heterocycles. The van der Waals surface area contributed by atoms with Gasteiger partial charge in [0, 0.05) is 35.9 Å². The Labute approximate surface area is 132 Å². The van der Waals surface area contributed by atoms with Crippen molar-refractivity contribution in [3.8, 4) is 0 Å². The number of benzene rings is 1. The molecule has 0 spiro atoms. The third-order valence-corrected chi connectivity index (χ3v) is 4.51. The van der Waals surface area contributed by atoms with E-state index < -0.39 is 0 Å². The zero-order chi connectivity index (χ0) is 15.6. The molecule has 3 atom stereocenters. The van der Waals surface area contributed by atoms with Crippen LogP contribution in [0.5, 0.6) is 0 Å². The average molecular weight is 312 g/mol. The molecule has 1 aliphatic heterocycles. The summed E-state index contributed by atoms with van der Waals surface area (Å²) in [5.41, 5.74) is 2.20. The SMILES string of the molecule is CNC(C)c1ccc(N2CC(O)CC2CN(C)C)cc1Cl. The van der Waals surface area contributed by atoms with Gasteiger partial charge in [0.25, 0.3) is 0 Å². The predicted octanol–water partition coefficient (Wildman–Crippen LogP) is 2.12. The molecule has 0 saturated carbocycles. The van der Waals surface area contributed by atoms with E-state index >= 15 is 0 Å². The maximum absolute atomic E-state index is 9.99. The van der Waals surface area contributed by atoms with E-state index in [-0.39, 0.29) is 12.1 Å². The van der Waals surface area contributed by atoms with Crippen LogP contribution in [0, 0.1) is 0 Å². The summed E-state index contributed by atoms with van der Waals surface area (Å²) in [6, 6.07) is 6.77. The monoisotopic (exact) mass is 311 g/mol. The first-order chi connectivity index (χ1) is 9.92. The largest absolute Gasteiger partial charge is 0.391 e. The molecule has 1 saturated heterocycles. The summed E-state index contributed by atoms with van der Waals surface area (Å²) >= 11 is 6.43. The van der Waals surface area contributed by atoms with Crippen LogP contribution in [0.2, 0.25) is 5.02 Å². The van der Waals surface area contributed by atoms with Gasteiger partial charge in [-0.2, -0.15) is 0 Å². The van der Waals surface area contributed by atoms with Crippen LogP contribution in [0.15, 0.2) is 18.2 Å². The minimum absolute atomic E-state index is 0.230. The molecule has 0 radical (unpaired) electrons. The average Bonchev–Trinajstić information content (AvgIpc) is 2.77. The number of halogens is 1. The molecule has 0 aliphatic carbocycles. The Bertz CT molecular complexity index is 481. The van der Waals surface area contributed by atoms with Crippen molar-refractivity contribution < 1.29 is 5.11 Å². The highest BCUT2D eigenvalue weighted by atomic mass is 35.5. The highest BCUT2D eigenvalue weighted by Gasteiger charge is 2.31. The number of rotatable bonds is 5. The molecule has 1 aliphatic rings. The summed E-state index contributed by atoms with van der Waals surface area (Å²) in [7, 11) is 6.06. The molecule has 5 heteroatoms. The van der Waals surface area contributed by atoms with Gasteiger partial charge in [0.2, 0.25) is 0 Å². The van der Waals surface area contributed by atoms with Crippen LogP contribution in [0.4, 0.5) is 5.69 Å². The number of likely N-dealkylation sites (N-methyl/N-ethyl adjacent to an activating group) is 1. The molecule has 118 valence electrons. The molecule has 1 aromatic rings. The second-order valence-corrected chi connectivity index (χ2v) is 6.58. The number of anilines is 1. The summed E-state index contributed by atoms with van der Waals surface area (Å²) in [6.45, 7) is 3.70. The topological polar surface area (TPSA) is 38.7 Å². The minimum Gasteiger partial charge on any atom is -0.391 e. The van der Waals surface area contributed by atoms with E-state index in [0.29, 0.717) is 12.6 Å². The molecule has 0 bridgehead atoms. The molecule has 2 rings (SSSR count). The van der Waals surface area contributed by atoms with Crippen molar-refractivity contribution in [2.45, 2.75) is 31.5 Å². The molecule has 4 nitrogen and oxygen atoms in total. The fourth-order valence-electron chi connectivity index (χ4n) is 3.00. The standard InChI is InChI=1S/C16H26ClN3O/c1-11(18-2)15-6-5-12(8-16(15)17)20-10-14(21)7-13(20)9-19(3)4/h5-6,8,11,13-14,18,21H,7,9-10H2,1-4H3. The number of β-amino-alcohol motifs (C(OH)–C–C–N with tert-alkyl or cyclic N) is 1. The van der Waals surface area contributed by atoms with Gasteiger partial charge in [-0.25, -0.2) is 0 Å². The number of hydrogen-bond acceptors (Lipinski definition) is 4. The third kappa shape index (κ3) is 3.89. The molecule has 0 aromatic heterocycles. The van der Waals surface area contributed by atoms with Gasteiger partial charge in [-0.15, -0.1) is 0 Å². The number of aliphatic hydroxyl groups excluding tert-OH is 1. The van der Waals surface area contributed by atoms with Crippen molar-refractivity contribution in [3.05, 3.63) is 28.8 Å². The summed E-state index contributed by atoms with van der Waals surface area (Å²) in [4.78, 5) is 4.43. The lowest BCUT2D eigenvalue weighted by molar-refractivity contribution is 0.191. The summed E-state index contributed by atoms with van der Waals surface area (Å²) in [5.74, 6) is 0. The highest BCUT2D eigenvalue weighted by molar-refractivity contribution is 6.31. The van der Waals surface area contributed by atoms with Crippen LogP contribution in [0.1, 0.15) is 24.9 Å². The van der Waals surface area contributed by atoms with E-state index in [1.54, 1.807) is 0 Å². The molecule has 1 aromatic carbocycles. The Kier molecular flexibility index (Phi) is 5.49. The Hall–Kier alpha value is -0.810. The molecular formula is C16H26ClN3O. The number of hydrogen-bond donors (Lipinski definition) is 2. The zero-order valence-corrected chi connectivity index (χ0v) is 14.1. The van der Waals surface area contributed by atoms with Crippen molar-refractivity contribution in [2.75, 3.05) is 39.1 Å². The van der Waals surface area contributed by atoms with E-state index in [4.69, 9.17) is 11.6 Å². The highest BCUT2D eigenvalue weighted by Crippen LogP contribution is 2.32. The van der Waals surface area contributed by atoms with Gasteiger partial charge in [0.1, 0.15) is 0 Å². The minimum atomic E-state index is -0.260. The molecule has 2 N–H and O–H groups in total. The van der Waals surface area contributed by atoms with Crippen LogP contribution in [0.25, 0.3) is 0 Å². The molecule has 0 amide bonds. The van der Waals surface area contributed by atoms with Crippen LogP contribution in [0.3, 0.4) is 0 Å². The van der Waals surface area contributed by atoms with E-state index in [1.807, 2.05) is 13.1 Å². The van der Waals surface area contributed by atoms with Crippen molar-refractivity contribution in [2.24, 2.45) is 0 Å².